The fraction of sp³-hybridized carbons (Fsp3) is 0.0649. The summed E-state index contributed by atoms with van der Waals surface area (Å²) in [7, 11) is 0. The van der Waals surface area contributed by atoms with Gasteiger partial charge < -0.3 is 4.90 Å². The van der Waals surface area contributed by atoms with Crippen LogP contribution in [-0.2, 0) is 16.2 Å². The molecule has 0 amide bonds. The third kappa shape index (κ3) is 6.61. The molecule has 0 radical (unpaired) electrons. The molecule has 0 aliphatic heterocycles. The Morgan fingerprint density at radius 1 is 0.244 bits per heavy atom. The number of nitrogens with zero attached hydrogens (tertiary/aromatic N) is 1. The molecule has 1 nitrogen and oxygen atoms in total. The lowest BCUT2D eigenvalue weighted by Crippen LogP contribution is -2.28. The molecule has 0 heterocycles. The Kier molecular flexibility index (Phi) is 10.4. The first kappa shape index (κ1) is 45.8. The van der Waals surface area contributed by atoms with Crippen molar-refractivity contribution in [3.63, 3.8) is 0 Å². The largest absolute Gasteiger partial charge is 0.310 e. The van der Waals surface area contributed by atoms with Crippen LogP contribution in [0.1, 0.15) is 69.5 Å². The second-order valence-electron chi connectivity index (χ2n) is 21.9. The number of anilines is 3. The maximum Gasteiger partial charge on any atom is 0.0713 e. The van der Waals surface area contributed by atoms with E-state index in [0.717, 1.165) is 28.2 Å². The zero-order valence-electron chi connectivity index (χ0n) is 43.7. The summed E-state index contributed by atoms with van der Waals surface area (Å²) in [5, 5.41) is 0. The fourth-order valence-electron chi connectivity index (χ4n) is 14.3. The van der Waals surface area contributed by atoms with Gasteiger partial charge in [-0.15, -0.1) is 0 Å². The van der Waals surface area contributed by atoms with Gasteiger partial charge in [-0.2, -0.15) is 0 Å². The Bertz CT molecular complexity index is 3980. The van der Waals surface area contributed by atoms with E-state index in [4.69, 9.17) is 0 Å². The molecule has 3 aliphatic carbocycles. The molecule has 0 atom stereocenters. The molecule has 0 saturated carbocycles. The molecule has 78 heavy (non-hydrogen) atoms. The molecule has 0 bridgehead atoms. The number of rotatable bonds is 9. The molecular formula is C77H55N. The van der Waals surface area contributed by atoms with Crippen LogP contribution >= 0.6 is 0 Å². The van der Waals surface area contributed by atoms with E-state index in [-0.39, 0.29) is 5.41 Å². The van der Waals surface area contributed by atoms with E-state index in [1.807, 2.05) is 0 Å². The maximum atomic E-state index is 2.51. The third-order valence-corrected chi connectivity index (χ3v) is 17.6. The Labute approximate surface area is 458 Å². The summed E-state index contributed by atoms with van der Waals surface area (Å²) in [5.74, 6) is 0. The summed E-state index contributed by atoms with van der Waals surface area (Å²) in [6.07, 6.45) is 0. The van der Waals surface area contributed by atoms with E-state index >= 15 is 0 Å². The second-order valence-corrected chi connectivity index (χ2v) is 21.9. The van der Waals surface area contributed by atoms with Crippen LogP contribution < -0.4 is 4.90 Å². The van der Waals surface area contributed by atoms with Gasteiger partial charge in [0.05, 0.1) is 16.5 Å². The Balaban J connectivity index is 0.901. The maximum absolute atomic E-state index is 2.51. The number of hydrogen-bond donors (Lipinski definition) is 0. The molecule has 0 saturated heterocycles. The predicted octanol–water partition coefficient (Wildman–Crippen LogP) is 19.5. The van der Waals surface area contributed by atoms with Crippen LogP contribution in [0.5, 0.6) is 0 Å². The van der Waals surface area contributed by atoms with Crippen LogP contribution in [-0.4, -0.2) is 0 Å². The van der Waals surface area contributed by atoms with Crippen LogP contribution in [0, 0.1) is 0 Å². The minimum absolute atomic E-state index is 0.165. The molecule has 0 spiro atoms. The van der Waals surface area contributed by atoms with Crippen molar-refractivity contribution in [3.8, 4) is 55.6 Å². The molecule has 368 valence electrons. The molecular weight excluding hydrogens is 939 g/mol. The van der Waals surface area contributed by atoms with E-state index in [1.54, 1.807) is 0 Å². The first-order chi connectivity index (χ1) is 38.5. The van der Waals surface area contributed by atoms with Gasteiger partial charge in [0.2, 0.25) is 0 Å². The number of benzene rings is 12. The first-order valence-corrected chi connectivity index (χ1v) is 27.4. The van der Waals surface area contributed by atoms with Gasteiger partial charge >= 0.3 is 0 Å². The third-order valence-electron chi connectivity index (χ3n) is 17.6. The molecule has 12 aromatic rings. The van der Waals surface area contributed by atoms with Crippen LogP contribution in [0.4, 0.5) is 17.1 Å². The van der Waals surface area contributed by atoms with Crippen molar-refractivity contribution in [2.24, 2.45) is 0 Å². The molecule has 0 aromatic heterocycles. The molecule has 3 aliphatic rings. The molecule has 12 aromatic carbocycles. The molecule has 0 fully saturated rings. The van der Waals surface area contributed by atoms with Gasteiger partial charge in [-0.25, -0.2) is 0 Å². The van der Waals surface area contributed by atoms with E-state index in [9.17, 15) is 0 Å². The SMILES string of the molecule is CC1(C)c2ccccc2-c2c(N(c3cccc(-c4ccc5c(c4)-c4ccccc4C5(c4ccccc4)c4ccccc4)c3)c3cccc(-c4ccc5c(c4)-c4ccccc4C5(c4ccccc4)c4ccccc4)c3)cccc21. The van der Waals surface area contributed by atoms with Crippen molar-refractivity contribution < 1.29 is 0 Å². The Morgan fingerprint density at radius 3 is 1.04 bits per heavy atom. The van der Waals surface area contributed by atoms with Crippen LogP contribution in [0.3, 0.4) is 0 Å². The van der Waals surface area contributed by atoms with Crippen molar-refractivity contribution >= 4 is 17.1 Å². The van der Waals surface area contributed by atoms with Crippen molar-refractivity contribution in [2.75, 3.05) is 4.90 Å². The van der Waals surface area contributed by atoms with Gasteiger partial charge in [0.1, 0.15) is 0 Å². The van der Waals surface area contributed by atoms with Gasteiger partial charge in [-0.05, 0) is 148 Å². The van der Waals surface area contributed by atoms with E-state index < -0.39 is 10.8 Å². The van der Waals surface area contributed by atoms with E-state index in [2.05, 4.69) is 316 Å². The van der Waals surface area contributed by atoms with Gasteiger partial charge in [-0.1, -0.05) is 269 Å². The molecule has 0 N–H and O–H groups in total. The summed E-state index contributed by atoms with van der Waals surface area (Å²) in [5.41, 5.74) is 27.7. The Morgan fingerprint density at radius 2 is 0.590 bits per heavy atom. The molecule has 1 heteroatoms. The van der Waals surface area contributed by atoms with Crippen molar-refractivity contribution in [1.82, 2.24) is 0 Å². The standard InChI is InChI=1S/C77H55N/c1-75(2)67-39-18-17-38-64(67)74-72(75)42-23-43-73(74)78(60-34-21-24-52(48-60)54-44-46-70-65(50-54)62-36-15-19-40-68(62)76(70,56-26-7-3-8-27-56)57-28-9-4-10-29-57)61-35-22-25-53(49-61)55-45-47-71-66(51-55)63-37-16-20-41-69(63)77(71,58-30-11-5-12-31-58)59-32-13-6-14-33-59/h3-51H,1-2H3. The minimum Gasteiger partial charge on any atom is -0.310 e. The highest BCUT2D eigenvalue weighted by molar-refractivity contribution is 5.97. The highest BCUT2D eigenvalue weighted by Gasteiger charge is 2.48. The summed E-state index contributed by atoms with van der Waals surface area (Å²) >= 11 is 0. The predicted molar refractivity (Wildman–Crippen MR) is 324 cm³/mol. The first-order valence-electron chi connectivity index (χ1n) is 27.4. The lowest BCUT2D eigenvalue weighted by molar-refractivity contribution is 0.660. The zero-order chi connectivity index (χ0) is 52.0. The molecule has 15 rings (SSSR count). The highest BCUT2D eigenvalue weighted by atomic mass is 15.1. The van der Waals surface area contributed by atoms with E-state index in [1.165, 1.54) is 100 Å². The van der Waals surface area contributed by atoms with Crippen molar-refractivity contribution in [3.05, 3.63) is 353 Å². The van der Waals surface area contributed by atoms with Gasteiger partial charge in [0, 0.05) is 22.4 Å². The van der Waals surface area contributed by atoms with Gasteiger partial charge in [0.25, 0.3) is 0 Å². The van der Waals surface area contributed by atoms with Gasteiger partial charge in [-0.3, -0.25) is 0 Å². The highest BCUT2D eigenvalue weighted by Crippen LogP contribution is 2.59. The quantitative estimate of drug-likeness (QED) is 0.139. The lowest BCUT2D eigenvalue weighted by atomic mass is 9.67. The zero-order valence-corrected chi connectivity index (χ0v) is 43.7. The smallest absolute Gasteiger partial charge is 0.0713 e. The summed E-state index contributed by atoms with van der Waals surface area (Å²) in [6.45, 7) is 4.75. The summed E-state index contributed by atoms with van der Waals surface area (Å²) in [4.78, 5) is 2.51. The number of fused-ring (bicyclic) bond motifs is 9. The van der Waals surface area contributed by atoms with Crippen LogP contribution in [0.2, 0.25) is 0 Å². The average molecular weight is 994 g/mol. The van der Waals surface area contributed by atoms with Gasteiger partial charge in [0.15, 0.2) is 0 Å². The van der Waals surface area contributed by atoms with Crippen LogP contribution in [0.25, 0.3) is 55.6 Å². The van der Waals surface area contributed by atoms with Crippen LogP contribution in [0.15, 0.2) is 297 Å². The summed E-state index contributed by atoms with van der Waals surface area (Å²) < 4.78 is 0. The van der Waals surface area contributed by atoms with Crippen molar-refractivity contribution in [1.29, 1.82) is 0 Å². The molecule has 0 unspecified atom stereocenters. The van der Waals surface area contributed by atoms with E-state index in [0.29, 0.717) is 0 Å². The second kappa shape index (κ2) is 17.8. The Hall–Kier alpha value is -9.56. The lowest BCUT2D eigenvalue weighted by Gasteiger charge is -2.34. The topological polar surface area (TPSA) is 3.24 Å². The normalized spacial score (nSPS) is 14.3. The minimum atomic E-state index is -0.455. The average Bonchev–Trinajstić information content (AvgIpc) is 3.78. The fourth-order valence-corrected chi connectivity index (χ4v) is 14.3. The number of hydrogen-bond acceptors (Lipinski definition) is 1. The summed E-state index contributed by atoms with van der Waals surface area (Å²) in [6, 6.07) is 111. The van der Waals surface area contributed by atoms with Crippen molar-refractivity contribution in [2.45, 2.75) is 30.1 Å². The monoisotopic (exact) mass is 993 g/mol.